The first-order chi connectivity index (χ1) is 19.2. The van der Waals surface area contributed by atoms with Crippen LogP contribution in [0.15, 0.2) is 0 Å². The lowest BCUT2D eigenvalue weighted by Crippen LogP contribution is -2.38. The van der Waals surface area contributed by atoms with E-state index >= 15 is 0 Å². The standard InChI is InChI=1S/C30H62O9/c1-5-9-12-32-15-17-35-19-21-37-27-30(8-4,25-29(26-31)39-24-23-34-14-11-7-3)28-38-22-20-36-18-16-33-13-10-6-2/h29,31H,5-28H2,1-4H3. The maximum Gasteiger partial charge on any atom is 0.0813 e. The summed E-state index contributed by atoms with van der Waals surface area (Å²) < 4.78 is 46.0. The first-order valence-electron chi connectivity index (χ1n) is 15.4. The molecule has 0 aromatic rings. The molecule has 0 aliphatic rings. The van der Waals surface area contributed by atoms with E-state index in [1.807, 2.05) is 0 Å². The molecule has 39 heavy (non-hydrogen) atoms. The molecule has 0 fully saturated rings. The van der Waals surface area contributed by atoms with Gasteiger partial charge < -0.3 is 43.0 Å². The van der Waals surface area contributed by atoms with E-state index in [-0.39, 0.29) is 18.1 Å². The Bertz CT molecular complexity index is 444. The summed E-state index contributed by atoms with van der Waals surface area (Å²) in [6.07, 6.45) is 7.73. The molecule has 0 bridgehead atoms. The predicted molar refractivity (Wildman–Crippen MR) is 155 cm³/mol. The van der Waals surface area contributed by atoms with Crippen LogP contribution in [0.5, 0.6) is 0 Å². The lowest BCUT2D eigenvalue weighted by molar-refractivity contribution is -0.0920. The van der Waals surface area contributed by atoms with Crippen molar-refractivity contribution in [2.45, 2.75) is 85.2 Å². The molecular weight excluding hydrogens is 504 g/mol. The van der Waals surface area contributed by atoms with Crippen molar-refractivity contribution in [2.75, 3.05) is 106 Å². The Kier molecular flexibility index (Phi) is 30.3. The van der Waals surface area contributed by atoms with Crippen LogP contribution in [0.1, 0.15) is 79.1 Å². The summed E-state index contributed by atoms with van der Waals surface area (Å²) in [5.74, 6) is 0. The molecule has 0 aromatic carbocycles. The highest BCUT2D eigenvalue weighted by molar-refractivity contribution is 4.82. The van der Waals surface area contributed by atoms with E-state index in [4.69, 9.17) is 37.9 Å². The lowest BCUT2D eigenvalue weighted by atomic mass is 9.81. The van der Waals surface area contributed by atoms with Gasteiger partial charge in [-0.3, -0.25) is 0 Å². The molecule has 0 aliphatic heterocycles. The molecule has 0 amide bonds. The second-order valence-electron chi connectivity index (χ2n) is 9.96. The fraction of sp³-hybridized carbons (Fsp3) is 1.00. The Hall–Kier alpha value is -0.360. The SMILES string of the molecule is CCCCOCCOCCOCC(CC)(COCCOCCOCCCC)CC(CO)OCCOCCCC. The van der Waals surface area contributed by atoms with Crippen LogP contribution < -0.4 is 0 Å². The van der Waals surface area contributed by atoms with Crippen molar-refractivity contribution < 1.29 is 43.0 Å². The summed E-state index contributed by atoms with van der Waals surface area (Å²) in [5, 5.41) is 10.0. The maximum atomic E-state index is 10.0. The van der Waals surface area contributed by atoms with Gasteiger partial charge in [-0.05, 0) is 32.1 Å². The quantitative estimate of drug-likeness (QED) is 0.114. The van der Waals surface area contributed by atoms with Gasteiger partial charge in [0.25, 0.3) is 0 Å². The van der Waals surface area contributed by atoms with Gasteiger partial charge in [0.15, 0.2) is 0 Å². The Morgan fingerprint density at radius 1 is 0.487 bits per heavy atom. The molecule has 0 saturated carbocycles. The van der Waals surface area contributed by atoms with Crippen LogP contribution in [0.3, 0.4) is 0 Å². The van der Waals surface area contributed by atoms with Gasteiger partial charge in [-0.25, -0.2) is 0 Å². The summed E-state index contributed by atoms with van der Waals surface area (Å²) in [4.78, 5) is 0. The summed E-state index contributed by atoms with van der Waals surface area (Å²) in [6, 6.07) is 0. The number of rotatable bonds is 33. The minimum Gasteiger partial charge on any atom is -0.394 e. The molecule has 1 unspecified atom stereocenters. The molecule has 0 saturated heterocycles. The summed E-state index contributed by atoms with van der Waals surface area (Å²) in [5.41, 5.74) is -0.289. The molecule has 0 aromatic heterocycles. The van der Waals surface area contributed by atoms with Crippen LogP contribution in [-0.2, 0) is 37.9 Å². The topological polar surface area (TPSA) is 94.1 Å². The van der Waals surface area contributed by atoms with Crippen LogP contribution >= 0.6 is 0 Å². The van der Waals surface area contributed by atoms with Gasteiger partial charge >= 0.3 is 0 Å². The van der Waals surface area contributed by atoms with Crippen LogP contribution in [0.4, 0.5) is 0 Å². The maximum absolute atomic E-state index is 10.0. The first kappa shape index (κ1) is 38.6. The Balaban J connectivity index is 4.52. The van der Waals surface area contributed by atoms with Crippen LogP contribution in [0.25, 0.3) is 0 Å². The van der Waals surface area contributed by atoms with E-state index in [1.54, 1.807) is 0 Å². The Morgan fingerprint density at radius 3 is 1.21 bits per heavy atom. The Labute approximate surface area is 239 Å². The lowest BCUT2D eigenvalue weighted by Gasteiger charge is -2.35. The molecule has 0 spiro atoms. The molecule has 0 aliphatic carbocycles. The van der Waals surface area contributed by atoms with E-state index in [0.29, 0.717) is 85.7 Å². The van der Waals surface area contributed by atoms with E-state index in [2.05, 4.69) is 27.7 Å². The summed E-state index contributed by atoms with van der Waals surface area (Å²) >= 11 is 0. The van der Waals surface area contributed by atoms with Gasteiger partial charge in [0.1, 0.15) is 0 Å². The van der Waals surface area contributed by atoms with Crippen molar-refractivity contribution in [1.82, 2.24) is 0 Å². The number of aliphatic hydroxyl groups excluding tert-OH is 1. The van der Waals surface area contributed by atoms with Crippen molar-refractivity contribution in [1.29, 1.82) is 0 Å². The van der Waals surface area contributed by atoms with E-state index in [9.17, 15) is 5.11 Å². The second-order valence-corrected chi connectivity index (χ2v) is 9.96. The van der Waals surface area contributed by atoms with Crippen molar-refractivity contribution in [3.05, 3.63) is 0 Å². The molecule has 0 rings (SSSR count). The molecule has 236 valence electrons. The third-order valence-corrected chi connectivity index (χ3v) is 6.43. The average Bonchev–Trinajstić information content (AvgIpc) is 2.95. The number of aliphatic hydroxyl groups is 1. The van der Waals surface area contributed by atoms with E-state index < -0.39 is 0 Å². The minimum absolute atomic E-state index is 0.0566. The van der Waals surface area contributed by atoms with Gasteiger partial charge in [0, 0.05) is 25.2 Å². The molecule has 0 radical (unpaired) electrons. The molecule has 1 N–H and O–H groups in total. The predicted octanol–water partition coefficient (Wildman–Crippen LogP) is 4.67. The fourth-order valence-corrected chi connectivity index (χ4v) is 3.74. The van der Waals surface area contributed by atoms with Gasteiger partial charge in [-0.1, -0.05) is 47.0 Å². The van der Waals surface area contributed by atoms with Crippen molar-refractivity contribution >= 4 is 0 Å². The van der Waals surface area contributed by atoms with Gasteiger partial charge in [-0.15, -0.1) is 0 Å². The zero-order valence-corrected chi connectivity index (χ0v) is 25.8. The van der Waals surface area contributed by atoms with Gasteiger partial charge in [0.05, 0.1) is 92.0 Å². The minimum atomic E-state index is -0.306. The molecular formula is C30H62O9. The molecule has 0 heterocycles. The number of unbranched alkanes of at least 4 members (excludes halogenated alkanes) is 3. The number of ether oxygens (including phenoxy) is 8. The smallest absolute Gasteiger partial charge is 0.0813 e. The van der Waals surface area contributed by atoms with Crippen molar-refractivity contribution in [3.8, 4) is 0 Å². The highest BCUT2D eigenvalue weighted by Gasteiger charge is 2.33. The summed E-state index contributed by atoms with van der Waals surface area (Å²) in [6.45, 7) is 17.2. The summed E-state index contributed by atoms with van der Waals surface area (Å²) in [7, 11) is 0. The zero-order chi connectivity index (χ0) is 28.7. The third kappa shape index (κ3) is 25.1. The monoisotopic (exact) mass is 566 g/mol. The normalized spacial score (nSPS) is 12.8. The largest absolute Gasteiger partial charge is 0.394 e. The van der Waals surface area contributed by atoms with E-state index in [1.165, 1.54) is 0 Å². The van der Waals surface area contributed by atoms with Crippen molar-refractivity contribution in [3.63, 3.8) is 0 Å². The first-order valence-corrected chi connectivity index (χ1v) is 15.4. The Morgan fingerprint density at radius 2 is 0.846 bits per heavy atom. The fourth-order valence-electron chi connectivity index (χ4n) is 3.74. The molecule has 1 atom stereocenters. The van der Waals surface area contributed by atoms with Crippen LogP contribution in [-0.4, -0.2) is 117 Å². The van der Waals surface area contributed by atoms with E-state index in [0.717, 1.165) is 64.8 Å². The van der Waals surface area contributed by atoms with Crippen LogP contribution in [0, 0.1) is 5.41 Å². The highest BCUT2D eigenvalue weighted by atomic mass is 16.6. The third-order valence-electron chi connectivity index (χ3n) is 6.43. The highest BCUT2D eigenvalue weighted by Crippen LogP contribution is 2.30. The van der Waals surface area contributed by atoms with Crippen LogP contribution in [0.2, 0.25) is 0 Å². The molecule has 9 nitrogen and oxygen atoms in total. The van der Waals surface area contributed by atoms with Gasteiger partial charge in [-0.2, -0.15) is 0 Å². The van der Waals surface area contributed by atoms with Gasteiger partial charge in [0.2, 0.25) is 0 Å². The van der Waals surface area contributed by atoms with Crippen molar-refractivity contribution in [2.24, 2.45) is 5.41 Å². The average molecular weight is 567 g/mol. The zero-order valence-electron chi connectivity index (χ0n) is 25.8. The number of hydrogen-bond donors (Lipinski definition) is 1. The number of hydrogen-bond acceptors (Lipinski definition) is 9. The molecule has 9 heteroatoms. The second kappa shape index (κ2) is 30.6.